The topological polar surface area (TPSA) is 61.8 Å². The number of carbonyl (C=O) groups excluding carboxylic acids is 2. The monoisotopic (exact) mass is 896 g/mol. The molecule has 0 aromatic carbocycles. The Labute approximate surface area is 374 Å². The van der Waals surface area contributed by atoms with Crippen LogP contribution in [-0.2, 0) is 44.9 Å². The SMILES string of the molecule is CCC(C)(OCCC(C)CCC=C(C)C)C(C)(C)CCCC(C)CCOC(C)(CC)C(C)(C)CCCC(C)CCOC(=O)C1C2CC(C(C)C)C(C=C2C)C1[C-]=O.[Mo]. The largest absolute Gasteiger partial charge is 0.541 e. The van der Waals surface area contributed by atoms with Crippen LogP contribution in [0.3, 0.4) is 0 Å². The van der Waals surface area contributed by atoms with E-state index in [1.54, 1.807) is 0 Å². The maximum absolute atomic E-state index is 13.4. The maximum Gasteiger partial charge on any atom is 0.307 e. The van der Waals surface area contributed by atoms with Crippen molar-refractivity contribution in [2.45, 2.75) is 212 Å². The standard InChI is InChI=1S/C52H93O5.Mo/c1-17-51(15,56-32-27-39(7)23-19-22-37(3)4)50(13,14)30-21-25-41(9)28-33-57-52(16,18-2)49(11,12)29-20-24-40(8)26-31-55-48(54)47-44-35-43(38(5)6)45(34-42(44)10)46(47)36-53;/h22,34,38-41,43-47H,17-21,23-33,35H2,1-16H3;/q-1;. The summed E-state index contributed by atoms with van der Waals surface area (Å²) in [6, 6.07) is 0. The molecule has 5 nitrogen and oxygen atoms in total. The second kappa shape index (κ2) is 25.4. The molecule has 10 atom stereocenters. The van der Waals surface area contributed by atoms with Crippen LogP contribution in [0.1, 0.15) is 201 Å². The number of rotatable bonds is 29. The molecule has 1 fully saturated rings. The molecular weight excluding hydrogens is 801 g/mol. The zero-order chi connectivity index (χ0) is 43.2. The van der Waals surface area contributed by atoms with Crippen LogP contribution in [0.5, 0.6) is 0 Å². The van der Waals surface area contributed by atoms with Crippen molar-refractivity contribution >= 4 is 12.3 Å². The van der Waals surface area contributed by atoms with Gasteiger partial charge in [-0.15, -0.1) is 5.92 Å². The Balaban J connectivity index is 0.0000168. The van der Waals surface area contributed by atoms with Crippen LogP contribution in [0, 0.1) is 64.1 Å². The van der Waals surface area contributed by atoms with Gasteiger partial charge in [-0.25, -0.2) is 0 Å². The zero-order valence-electron chi connectivity index (χ0n) is 40.8. The molecule has 0 heterocycles. The van der Waals surface area contributed by atoms with E-state index in [9.17, 15) is 9.59 Å². The Kier molecular flexibility index (Phi) is 24.2. The Bertz CT molecular complexity index is 1260. The van der Waals surface area contributed by atoms with E-state index in [2.05, 4.69) is 129 Å². The minimum Gasteiger partial charge on any atom is -0.541 e. The first kappa shape index (κ1) is 55.2. The van der Waals surface area contributed by atoms with Gasteiger partial charge in [0.05, 0.1) is 17.8 Å². The van der Waals surface area contributed by atoms with Crippen LogP contribution in [0.25, 0.3) is 0 Å². The van der Waals surface area contributed by atoms with Crippen molar-refractivity contribution in [3.05, 3.63) is 23.3 Å². The van der Waals surface area contributed by atoms with E-state index in [1.165, 1.54) is 43.3 Å². The molecule has 0 radical (unpaired) electrons. The first-order valence-electron chi connectivity index (χ1n) is 23.7. The smallest absolute Gasteiger partial charge is 0.307 e. The number of fused-ring (bicyclic) bond motifs is 2. The van der Waals surface area contributed by atoms with E-state index in [1.807, 2.05) is 0 Å². The molecule has 0 N–H and O–H groups in total. The van der Waals surface area contributed by atoms with Crippen molar-refractivity contribution in [2.75, 3.05) is 19.8 Å². The van der Waals surface area contributed by atoms with Crippen LogP contribution in [0.15, 0.2) is 23.3 Å². The molecule has 0 amide bonds. The number of carbonyl (C=O) groups is 1. The Morgan fingerprint density at radius 2 is 1.24 bits per heavy atom. The minimum atomic E-state index is -0.377. The van der Waals surface area contributed by atoms with Gasteiger partial charge in [-0.1, -0.05) is 125 Å². The molecule has 58 heavy (non-hydrogen) atoms. The van der Waals surface area contributed by atoms with Gasteiger partial charge in [0.25, 0.3) is 0 Å². The summed E-state index contributed by atoms with van der Waals surface area (Å²) < 4.78 is 19.4. The first-order valence-corrected chi connectivity index (χ1v) is 23.7. The van der Waals surface area contributed by atoms with Gasteiger partial charge in [0.15, 0.2) is 0 Å². The van der Waals surface area contributed by atoms with Gasteiger partial charge in [0, 0.05) is 40.2 Å². The third kappa shape index (κ3) is 15.8. The second-order valence-corrected chi connectivity index (χ2v) is 21.5. The van der Waals surface area contributed by atoms with Gasteiger partial charge in [-0.2, -0.15) is 0 Å². The van der Waals surface area contributed by atoms with Gasteiger partial charge in [-0.05, 0) is 151 Å². The van der Waals surface area contributed by atoms with Crippen molar-refractivity contribution in [3.8, 4) is 0 Å². The van der Waals surface area contributed by atoms with Crippen molar-refractivity contribution in [3.63, 3.8) is 0 Å². The van der Waals surface area contributed by atoms with Crippen LogP contribution in [-0.4, -0.2) is 43.3 Å². The molecule has 0 spiro atoms. The number of allylic oxidation sites excluding steroid dienone is 4. The fourth-order valence-electron chi connectivity index (χ4n) is 10.0. The number of hydrogen-bond acceptors (Lipinski definition) is 5. The average Bonchev–Trinajstić information content (AvgIpc) is 3.13. The molecule has 3 aliphatic rings. The molecule has 0 aromatic rings. The molecule has 3 rings (SSSR count). The first-order chi connectivity index (χ1) is 26.6. The van der Waals surface area contributed by atoms with E-state index < -0.39 is 0 Å². The predicted octanol–water partition coefficient (Wildman–Crippen LogP) is 14.3. The van der Waals surface area contributed by atoms with Crippen molar-refractivity contribution in [2.24, 2.45) is 64.1 Å². The summed E-state index contributed by atoms with van der Waals surface area (Å²) in [7, 11) is 0. The van der Waals surface area contributed by atoms with Crippen LogP contribution < -0.4 is 0 Å². The third-order valence-corrected chi connectivity index (χ3v) is 15.9. The van der Waals surface area contributed by atoms with Gasteiger partial charge in [0.2, 0.25) is 0 Å². The number of ether oxygens (including phenoxy) is 3. The second-order valence-electron chi connectivity index (χ2n) is 21.5. The van der Waals surface area contributed by atoms with Gasteiger partial charge >= 0.3 is 5.97 Å². The average molecular weight is 894 g/mol. The Morgan fingerprint density at radius 1 is 0.776 bits per heavy atom. The molecular formula is C52H93MoO5-. The molecule has 0 saturated heterocycles. The zero-order valence-corrected chi connectivity index (χ0v) is 42.8. The molecule has 3 aliphatic carbocycles. The number of esters is 1. The normalized spacial score (nSPS) is 24.5. The van der Waals surface area contributed by atoms with Crippen molar-refractivity contribution < 1.29 is 44.9 Å². The summed E-state index contributed by atoms with van der Waals surface area (Å²) >= 11 is 0. The van der Waals surface area contributed by atoms with Crippen molar-refractivity contribution in [1.29, 1.82) is 0 Å². The molecule has 6 heteroatoms. The molecule has 2 bridgehead atoms. The molecule has 338 valence electrons. The fourth-order valence-corrected chi connectivity index (χ4v) is 10.0. The summed E-state index contributed by atoms with van der Waals surface area (Å²) in [5, 5.41) is 0. The Morgan fingerprint density at radius 3 is 1.67 bits per heavy atom. The van der Waals surface area contributed by atoms with Crippen LogP contribution in [0.2, 0.25) is 0 Å². The van der Waals surface area contributed by atoms with E-state index in [0.717, 1.165) is 71.0 Å². The summed E-state index contributed by atoms with van der Waals surface area (Å²) in [5.41, 5.74) is 2.55. The summed E-state index contributed by atoms with van der Waals surface area (Å²) in [5.74, 6) is 1.96. The predicted molar refractivity (Wildman–Crippen MR) is 242 cm³/mol. The third-order valence-electron chi connectivity index (χ3n) is 15.9. The summed E-state index contributed by atoms with van der Waals surface area (Å²) in [4.78, 5) is 25.5. The summed E-state index contributed by atoms with van der Waals surface area (Å²) in [6.45, 7) is 38.9. The van der Waals surface area contributed by atoms with Crippen LogP contribution >= 0.6 is 0 Å². The molecule has 10 unspecified atom stereocenters. The van der Waals surface area contributed by atoms with E-state index >= 15 is 0 Å². The Hall–Kier alpha value is -0.772. The number of hydrogen-bond donors (Lipinski definition) is 0. The maximum atomic E-state index is 13.4. The van der Waals surface area contributed by atoms with E-state index in [-0.39, 0.29) is 72.7 Å². The summed E-state index contributed by atoms with van der Waals surface area (Å²) in [6.07, 6.45) is 22.3. The van der Waals surface area contributed by atoms with Gasteiger partial charge < -0.3 is 19.0 Å². The molecule has 1 saturated carbocycles. The van der Waals surface area contributed by atoms with E-state index in [0.29, 0.717) is 36.2 Å². The molecule has 0 aliphatic heterocycles. The van der Waals surface area contributed by atoms with E-state index in [4.69, 9.17) is 14.2 Å². The molecule has 0 aromatic heterocycles. The fraction of sp³-hybridized carbons (Fsp3) is 0.885. The minimum absolute atomic E-state index is 0. The van der Waals surface area contributed by atoms with Gasteiger partial charge in [-0.3, -0.25) is 11.1 Å². The van der Waals surface area contributed by atoms with Gasteiger partial charge in [0.1, 0.15) is 0 Å². The van der Waals surface area contributed by atoms with Crippen LogP contribution in [0.4, 0.5) is 0 Å². The quantitative estimate of drug-likeness (QED) is 0.0324. The van der Waals surface area contributed by atoms with Crippen molar-refractivity contribution in [1.82, 2.24) is 0 Å².